The summed E-state index contributed by atoms with van der Waals surface area (Å²) in [4.78, 5) is 29.4. The molecule has 0 unspecified atom stereocenters. The van der Waals surface area contributed by atoms with Gasteiger partial charge in [-0.15, -0.1) is 0 Å². The van der Waals surface area contributed by atoms with E-state index in [2.05, 4.69) is 9.97 Å². The Balaban J connectivity index is 2.76. The molecule has 1 heterocycles. The molecule has 0 bridgehead atoms. The van der Waals surface area contributed by atoms with E-state index in [4.69, 9.17) is 5.73 Å². The van der Waals surface area contributed by atoms with Crippen LogP contribution in [0.15, 0.2) is 6.20 Å². The number of H-pyrrole nitrogens is 1. The molecule has 1 atom stereocenters. The summed E-state index contributed by atoms with van der Waals surface area (Å²) in [5, 5.41) is 0. The highest BCUT2D eigenvalue weighted by atomic mass is 16.1. The summed E-state index contributed by atoms with van der Waals surface area (Å²) in [6.45, 7) is 5.39. The lowest BCUT2D eigenvalue weighted by Gasteiger charge is -2.10. The molecule has 1 aromatic heterocycles. The van der Waals surface area contributed by atoms with Gasteiger partial charge in [0.1, 0.15) is 5.69 Å². The molecule has 0 aliphatic carbocycles. The van der Waals surface area contributed by atoms with Gasteiger partial charge in [0.25, 0.3) is 0 Å². The van der Waals surface area contributed by atoms with Gasteiger partial charge in [-0.05, 0) is 12.3 Å². The van der Waals surface area contributed by atoms with Crippen molar-refractivity contribution in [3.63, 3.8) is 0 Å². The van der Waals surface area contributed by atoms with E-state index in [1.165, 1.54) is 13.1 Å². The number of Topliss-reactive ketones (excluding diaryl/α,β-unsaturated/α-hetero) is 2. The van der Waals surface area contributed by atoms with Crippen LogP contribution < -0.4 is 5.73 Å². The second-order valence-electron chi connectivity index (χ2n) is 4.29. The van der Waals surface area contributed by atoms with E-state index >= 15 is 0 Å². The summed E-state index contributed by atoms with van der Waals surface area (Å²) in [5.41, 5.74) is 6.01. The summed E-state index contributed by atoms with van der Waals surface area (Å²) in [6.07, 6.45) is 2.03. The van der Waals surface area contributed by atoms with E-state index < -0.39 is 6.04 Å². The lowest BCUT2D eigenvalue weighted by molar-refractivity contribution is 0.0941. The molecule has 0 saturated carbocycles. The predicted molar refractivity (Wildman–Crippen MR) is 60.4 cm³/mol. The molecule has 0 radical (unpaired) electrons. The van der Waals surface area contributed by atoms with Crippen LogP contribution in [0.1, 0.15) is 48.3 Å². The largest absolute Gasteiger partial charge is 0.341 e. The van der Waals surface area contributed by atoms with Crippen molar-refractivity contribution in [3.8, 4) is 0 Å². The fourth-order valence-electron chi connectivity index (χ4n) is 1.42. The molecule has 0 aliphatic rings. The maximum atomic E-state index is 11.8. The predicted octanol–water partition coefficient (Wildman–Crippen LogP) is 1.17. The first kappa shape index (κ1) is 12.6. The molecule has 1 aromatic rings. The van der Waals surface area contributed by atoms with E-state index in [0.29, 0.717) is 12.3 Å². The van der Waals surface area contributed by atoms with Crippen molar-refractivity contribution in [1.29, 1.82) is 0 Å². The minimum Gasteiger partial charge on any atom is -0.341 e. The highest BCUT2D eigenvalue weighted by Crippen LogP contribution is 2.08. The van der Waals surface area contributed by atoms with Crippen molar-refractivity contribution in [2.24, 2.45) is 11.7 Å². The first-order valence-electron chi connectivity index (χ1n) is 5.28. The first-order valence-corrected chi connectivity index (χ1v) is 5.28. The standard InChI is InChI=1S/C11H17N3O2/c1-6(2)4-8(12)10(16)11-13-5-9(14-11)7(3)15/h5-6,8H,4,12H2,1-3H3,(H,13,14)/t8-/m0/s1. The zero-order valence-corrected chi connectivity index (χ0v) is 9.78. The first-order chi connectivity index (χ1) is 7.41. The monoisotopic (exact) mass is 223 g/mol. The summed E-state index contributed by atoms with van der Waals surface area (Å²) >= 11 is 0. The number of nitrogens with zero attached hydrogens (tertiary/aromatic N) is 1. The van der Waals surface area contributed by atoms with Gasteiger partial charge in [-0.2, -0.15) is 0 Å². The second kappa shape index (κ2) is 5.03. The Kier molecular flexibility index (Phi) is 3.95. The zero-order chi connectivity index (χ0) is 12.3. The average molecular weight is 223 g/mol. The Morgan fingerprint density at radius 1 is 1.50 bits per heavy atom. The molecule has 5 heteroatoms. The van der Waals surface area contributed by atoms with Gasteiger partial charge < -0.3 is 10.7 Å². The van der Waals surface area contributed by atoms with Crippen LogP contribution in [-0.4, -0.2) is 27.6 Å². The van der Waals surface area contributed by atoms with Gasteiger partial charge in [0.15, 0.2) is 11.6 Å². The van der Waals surface area contributed by atoms with Crippen LogP contribution in [0.4, 0.5) is 0 Å². The average Bonchev–Trinajstić information content (AvgIpc) is 2.64. The molecule has 88 valence electrons. The number of hydrogen-bond acceptors (Lipinski definition) is 4. The third kappa shape index (κ3) is 3.00. The lowest BCUT2D eigenvalue weighted by Crippen LogP contribution is -2.32. The number of ketones is 2. The number of aromatic nitrogens is 2. The Morgan fingerprint density at radius 3 is 2.56 bits per heavy atom. The Hall–Kier alpha value is -1.49. The highest BCUT2D eigenvalue weighted by Gasteiger charge is 2.20. The van der Waals surface area contributed by atoms with Gasteiger partial charge in [-0.3, -0.25) is 9.59 Å². The lowest BCUT2D eigenvalue weighted by atomic mass is 10.0. The second-order valence-corrected chi connectivity index (χ2v) is 4.29. The Labute approximate surface area is 94.4 Å². The van der Waals surface area contributed by atoms with Crippen LogP contribution in [0.25, 0.3) is 0 Å². The molecule has 0 aromatic carbocycles. The quantitative estimate of drug-likeness (QED) is 0.733. The molecular formula is C11H17N3O2. The topological polar surface area (TPSA) is 88.8 Å². The zero-order valence-electron chi connectivity index (χ0n) is 9.78. The van der Waals surface area contributed by atoms with Crippen LogP contribution >= 0.6 is 0 Å². The molecule has 5 nitrogen and oxygen atoms in total. The number of hydrogen-bond donors (Lipinski definition) is 2. The summed E-state index contributed by atoms with van der Waals surface area (Å²) < 4.78 is 0. The maximum absolute atomic E-state index is 11.8. The number of carbonyl (C=O) groups excluding carboxylic acids is 2. The SMILES string of the molecule is CC(=O)c1c[nH]c(C(=O)[C@@H](N)CC(C)C)n1. The maximum Gasteiger partial charge on any atom is 0.214 e. The third-order valence-electron chi connectivity index (χ3n) is 2.23. The van der Waals surface area contributed by atoms with Crippen molar-refractivity contribution in [3.05, 3.63) is 17.7 Å². The summed E-state index contributed by atoms with van der Waals surface area (Å²) in [5.74, 6) is 0.0912. The molecule has 3 N–H and O–H groups in total. The van der Waals surface area contributed by atoms with Crippen LogP contribution in [0.2, 0.25) is 0 Å². The van der Waals surface area contributed by atoms with Crippen molar-refractivity contribution >= 4 is 11.6 Å². The van der Waals surface area contributed by atoms with Gasteiger partial charge >= 0.3 is 0 Å². The van der Waals surface area contributed by atoms with Crippen LogP contribution in [0.3, 0.4) is 0 Å². The summed E-state index contributed by atoms with van der Waals surface area (Å²) in [6, 6.07) is -0.564. The van der Waals surface area contributed by atoms with Gasteiger partial charge in [0, 0.05) is 13.1 Å². The van der Waals surface area contributed by atoms with Crippen molar-refractivity contribution in [1.82, 2.24) is 9.97 Å². The highest BCUT2D eigenvalue weighted by molar-refractivity contribution is 5.99. The van der Waals surface area contributed by atoms with Crippen LogP contribution in [0, 0.1) is 5.92 Å². The summed E-state index contributed by atoms with van der Waals surface area (Å²) in [7, 11) is 0. The Morgan fingerprint density at radius 2 is 2.12 bits per heavy atom. The number of carbonyl (C=O) groups is 2. The fraction of sp³-hybridized carbons (Fsp3) is 0.545. The van der Waals surface area contributed by atoms with Crippen molar-refractivity contribution < 1.29 is 9.59 Å². The molecule has 16 heavy (non-hydrogen) atoms. The molecule has 1 rings (SSSR count). The number of nitrogens with two attached hydrogens (primary N) is 1. The normalized spacial score (nSPS) is 12.8. The molecule has 0 amide bonds. The van der Waals surface area contributed by atoms with E-state index in [9.17, 15) is 9.59 Å². The molecule has 0 aliphatic heterocycles. The smallest absolute Gasteiger partial charge is 0.214 e. The minimum absolute atomic E-state index is 0.165. The third-order valence-corrected chi connectivity index (χ3v) is 2.23. The van der Waals surface area contributed by atoms with E-state index in [1.54, 1.807) is 0 Å². The number of nitrogens with one attached hydrogen (secondary N) is 1. The van der Waals surface area contributed by atoms with Gasteiger partial charge in [-0.25, -0.2) is 4.98 Å². The fourth-order valence-corrected chi connectivity index (χ4v) is 1.42. The van der Waals surface area contributed by atoms with Crippen LogP contribution in [0.5, 0.6) is 0 Å². The van der Waals surface area contributed by atoms with E-state index in [0.717, 1.165) is 0 Å². The number of aromatic amines is 1. The molecular weight excluding hydrogens is 206 g/mol. The number of imidazole rings is 1. The van der Waals surface area contributed by atoms with Gasteiger partial charge in [-0.1, -0.05) is 13.8 Å². The van der Waals surface area contributed by atoms with Crippen molar-refractivity contribution in [2.45, 2.75) is 33.2 Å². The molecule has 0 fully saturated rings. The van der Waals surface area contributed by atoms with Crippen molar-refractivity contribution in [2.75, 3.05) is 0 Å². The van der Waals surface area contributed by atoms with Gasteiger partial charge in [0.2, 0.25) is 5.78 Å². The Bertz CT molecular complexity index is 396. The molecule has 0 saturated heterocycles. The minimum atomic E-state index is -0.564. The molecule has 0 spiro atoms. The van der Waals surface area contributed by atoms with Crippen LogP contribution in [-0.2, 0) is 0 Å². The van der Waals surface area contributed by atoms with E-state index in [1.807, 2.05) is 13.8 Å². The van der Waals surface area contributed by atoms with Gasteiger partial charge in [0.05, 0.1) is 6.04 Å². The number of rotatable bonds is 5. The van der Waals surface area contributed by atoms with E-state index in [-0.39, 0.29) is 23.1 Å².